The van der Waals surface area contributed by atoms with Crippen LogP contribution in [0.2, 0.25) is 0 Å². The van der Waals surface area contributed by atoms with Gasteiger partial charge >= 0.3 is 6.03 Å². The number of ether oxygens (including phenoxy) is 2. The number of hydrazone groups is 1. The molecule has 1 aliphatic carbocycles. The van der Waals surface area contributed by atoms with Crippen LogP contribution in [0.3, 0.4) is 0 Å². The van der Waals surface area contributed by atoms with Gasteiger partial charge in [0.15, 0.2) is 0 Å². The van der Waals surface area contributed by atoms with Crippen molar-refractivity contribution in [2.75, 3.05) is 20.7 Å². The summed E-state index contributed by atoms with van der Waals surface area (Å²) in [5, 5.41) is 4.07. The molecule has 1 aromatic carbocycles. The van der Waals surface area contributed by atoms with Crippen LogP contribution in [0.4, 0.5) is 4.79 Å². The Balaban J connectivity index is 1.79. The maximum Gasteiger partial charge on any atom is 0.332 e. The van der Waals surface area contributed by atoms with E-state index in [0.29, 0.717) is 6.42 Å². The molecule has 0 aromatic heterocycles. The number of rotatable bonds is 2. The molecule has 132 valence electrons. The Morgan fingerprint density at radius 1 is 1.52 bits per heavy atom. The molecule has 2 unspecified atom stereocenters. The molecule has 0 bridgehead atoms. The number of urea groups is 1. The van der Waals surface area contributed by atoms with Crippen molar-refractivity contribution in [3.63, 3.8) is 0 Å². The minimum atomic E-state index is -0.667. The van der Waals surface area contributed by atoms with Gasteiger partial charge in [-0.2, -0.15) is 5.10 Å². The second kappa shape index (κ2) is 5.77. The van der Waals surface area contributed by atoms with Crippen molar-refractivity contribution in [3.05, 3.63) is 35.4 Å². The molecule has 0 radical (unpaired) electrons. The van der Waals surface area contributed by atoms with Crippen molar-refractivity contribution >= 4 is 11.7 Å². The third-order valence-electron chi connectivity index (χ3n) is 5.33. The Morgan fingerprint density at radius 3 is 3.12 bits per heavy atom. The second-order valence-electron chi connectivity index (χ2n) is 6.91. The number of hydrogen-bond donors (Lipinski definition) is 2. The molecule has 4 rings (SSSR count). The Kier molecular flexibility index (Phi) is 3.68. The highest BCUT2D eigenvalue weighted by molar-refractivity contribution is 5.97. The smallest absolute Gasteiger partial charge is 0.332 e. The summed E-state index contributed by atoms with van der Waals surface area (Å²) < 4.78 is 11.8. The zero-order chi connectivity index (χ0) is 17.6. The van der Waals surface area contributed by atoms with Crippen molar-refractivity contribution in [1.29, 1.82) is 0 Å². The molecule has 0 fully saturated rings. The number of primary amides is 1. The molecule has 3 aliphatic rings. The maximum absolute atomic E-state index is 10.9. The standard InChI is InChI=1S/C18H22N4O3/c1-22-6-5-18-4-3-12(20-21-17(19)23)8-15(18)25-14-9-13(24-2)7-11(10-22)16(14)18/h3-4,7,9,15H,5-6,8,10H2,1-2H3,(H3,19,21,23)/b20-12+. The van der Waals surface area contributed by atoms with Crippen LogP contribution in [-0.2, 0) is 12.0 Å². The van der Waals surface area contributed by atoms with Gasteiger partial charge in [0.1, 0.15) is 17.6 Å². The van der Waals surface area contributed by atoms with Crippen molar-refractivity contribution in [1.82, 2.24) is 10.3 Å². The lowest BCUT2D eigenvalue weighted by molar-refractivity contribution is 0.161. The van der Waals surface area contributed by atoms with Gasteiger partial charge in [-0.3, -0.25) is 0 Å². The maximum atomic E-state index is 10.9. The van der Waals surface area contributed by atoms with Crippen LogP contribution in [0.5, 0.6) is 11.5 Å². The Hall–Kier alpha value is -2.54. The molecule has 1 aromatic rings. The average Bonchev–Trinajstić information content (AvgIpc) is 2.83. The fourth-order valence-corrected chi connectivity index (χ4v) is 4.17. The summed E-state index contributed by atoms with van der Waals surface area (Å²) >= 11 is 0. The normalized spacial score (nSPS) is 28.7. The number of nitrogens with one attached hydrogen (secondary N) is 1. The fourth-order valence-electron chi connectivity index (χ4n) is 4.17. The van der Waals surface area contributed by atoms with Gasteiger partial charge in [0.25, 0.3) is 0 Å². The van der Waals surface area contributed by atoms with Crippen LogP contribution in [0.1, 0.15) is 24.0 Å². The second-order valence-corrected chi connectivity index (χ2v) is 6.91. The van der Waals surface area contributed by atoms with E-state index in [9.17, 15) is 4.79 Å². The fraction of sp³-hybridized carbons (Fsp3) is 0.444. The first-order valence-corrected chi connectivity index (χ1v) is 8.39. The van der Waals surface area contributed by atoms with Gasteiger partial charge in [-0.1, -0.05) is 6.08 Å². The number of carbonyl (C=O) groups excluding carboxylic acids is 1. The molecular formula is C18H22N4O3. The number of nitrogens with two attached hydrogens (primary N) is 1. The number of methoxy groups -OCH3 is 1. The zero-order valence-electron chi connectivity index (χ0n) is 14.4. The molecule has 0 saturated heterocycles. The van der Waals surface area contributed by atoms with Crippen LogP contribution >= 0.6 is 0 Å². The molecule has 3 N–H and O–H groups in total. The summed E-state index contributed by atoms with van der Waals surface area (Å²) in [6.45, 7) is 1.85. The summed E-state index contributed by atoms with van der Waals surface area (Å²) in [6.07, 6.45) is 5.72. The van der Waals surface area contributed by atoms with E-state index in [-0.39, 0.29) is 11.5 Å². The average molecular weight is 342 g/mol. The van der Waals surface area contributed by atoms with Gasteiger partial charge in [0, 0.05) is 24.6 Å². The zero-order valence-corrected chi connectivity index (χ0v) is 14.4. The van der Waals surface area contributed by atoms with E-state index in [1.165, 1.54) is 11.1 Å². The van der Waals surface area contributed by atoms with Crippen LogP contribution in [0, 0.1) is 0 Å². The first-order valence-electron chi connectivity index (χ1n) is 8.39. The third kappa shape index (κ3) is 2.55. The van der Waals surface area contributed by atoms with Crippen molar-refractivity contribution < 1.29 is 14.3 Å². The molecule has 7 heteroatoms. The number of hydrogen-bond acceptors (Lipinski definition) is 5. The largest absolute Gasteiger partial charge is 0.497 e. The topological polar surface area (TPSA) is 89.2 Å². The van der Waals surface area contributed by atoms with Crippen LogP contribution in [-0.4, -0.2) is 43.4 Å². The minimum absolute atomic E-state index is 0.0433. The molecule has 7 nitrogen and oxygen atoms in total. The molecule has 2 heterocycles. The van der Waals surface area contributed by atoms with Crippen LogP contribution in [0.25, 0.3) is 0 Å². The lowest BCUT2D eigenvalue weighted by atomic mass is 9.69. The quantitative estimate of drug-likeness (QED) is 0.798. The molecule has 1 spiro atoms. The highest BCUT2D eigenvalue weighted by atomic mass is 16.5. The predicted molar refractivity (Wildman–Crippen MR) is 94.0 cm³/mol. The monoisotopic (exact) mass is 342 g/mol. The first kappa shape index (κ1) is 16.0. The van der Waals surface area contributed by atoms with E-state index in [0.717, 1.165) is 36.7 Å². The van der Waals surface area contributed by atoms with Crippen molar-refractivity contribution in [3.8, 4) is 11.5 Å². The number of allylic oxidation sites excluding steroid dienone is 1. The summed E-state index contributed by atoms with van der Waals surface area (Å²) in [4.78, 5) is 13.2. The number of benzene rings is 1. The van der Waals surface area contributed by atoms with Gasteiger partial charge < -0.3 is 20.1 Å². The van der Waals surface area contributed by atoms with Crippen LogP contribution < -0.4 is 20.6 Å². The predicted octanol–water partition coefficient (Wildman–Crippen LogP) is 1.51. The highest BCUT2D eigenvalue weighted by Gasteiger charge is 2.51. The van der Waals surface area contributed by atoms with Gasteiger partial charge in [-0.15, -0.1) is 0 Å². The molecule has 0 saturated carbocycles. The van der Waals surface area contributed by atoms with Gasteiger partial charge in [-0.25, -0.2) is 10.2 Å². The van der Waals surface area contributed by atoms with E-state index in [1.54, 1.807) is 7.11 Å². The number of amides is 2. The van der Waals surface area contributed by atoms with E-state index in [2.05, 4.69) is 34.6 Å². The SMILES string of the molecule is COc1cc2c3c(c1)OC1C/C(=N/NC(N)=O)C=CC31CCN(C)C2. The first-order chi connectivity index (χ1) is 12.0. The summed E-state index contributed by atoms with van der Waals surface area (Å²) in [6, 6.07) is 3.41. The van der Waals surface area contributed by atoms with E-state index in [1.807, 2.05) is 12.1 Å². The lowest BCUT2D eigenvalue weighted by Crippen LogP contribution is -2.42. The molecular weight excluding hydrogens is 320 g/mol. The summed E-state index contributed by atoms with van der Waals surface area (Å²) in [5.41, 5.74) is 10.5. The molecule has 25 heavy (non-hydrogen) atoms. The lowest BCUT2D eigenvalue weighted by Gasteiger charge is -2.34. The van der Waals surface area contributed by atoms with Crippen molar-refractivity contribution in [2.45, 2.75) is 30.9 Å². The Morgan fingerprint density at radius 2 is 2.36 bits per heavy atom. The molecule has 2 atom stereocenters. The number of carbonyl (C=O) groups is 1. The van der Waals surface area contributed by atoms with E-state index < -0.39 is 6.03 Å². The Bertz CT molecular complexity index is 789. The van der Waals surface area contributed by atoms with Gasteiger partial charge in [-0.05, 0) is 37.7 Å². The van der Waals surface area contributed by atoms with Crippen molar-refractivity contribution in [2.24, 2.45) is 10.8 Å². The minimum Gasteiger partial charge on any atom is -0.497 e. The summed E-state index contributed by atoms with van der Waals surface area (Å²) in [7, 11) is 3.81. The van der Waals surface area contributed by atoms with E-state index >= 15 is 0 Å². The van der Waals surface area contributed by atoms with Gasteiger partial charge in [0.2, 0.25) is 0 Å². The third-order valence-corrected chi connectivity index (χ3v) is 5.33. The van der Waals surface area contributed by atoms with E-state index in [4.69, 9.17) is 15.2 Å². The van der Waals surface area contributed by atoms with Gasteiger partial charge in [0.05, 0.1) is 18.2 Å². The van der Waals surface area contributed by atoms with Crippen LogP contribution in [0.15, 0.2) is 29.4 Å². The highest BCUT2D eigenvalue weighted by Crippen LogP contribution is 2.53. The summed E-state index contributed by atoms with van der Waals surface area (Å²) in [5.74, 6) is 1.70. The number of nitrogens with zero attached hydrogens (tertiary/aromatic N) is 2. The Labute approximate surface area is 146 Å². The molecule has 2 aliphatic heterocycles. The molecule has 2 amide bonds.